The number of hydrogen-bond donors (Lipinski definition) is 1. The van der Waals surface area contributed by atoms with Gasteiger partial charge in [0.1, 0.15) is 0 Å². The summed E-state index contributed by atoms with van der Waals surface area (Å²) in [4.78, 5) is 2.65. The van der Waals surface area contributed by atoms with Crippen LogP contribution in [-0.2, 0) is 4.74 Å². The van der Waals surface area contributed by atoms with Gasteiger partial charge in [0.15, 0.2) is 0 Å². The van der Waals surface area contributed by atoms with Gasteiger partial charge in [0.2, 0.25) is 0 Å². The van der Waals surface area contributed by atoms with Crippen molar-refractivity contribution in [2.75, 3.05) is 32.8 Å². The third kappa shape index (κ3) is 2.22. The molecule has 0 bridgehead atoms. The smallest absolute Gasteiger partial charge is 0.0480 e. The third-order valence-electron chi connectivity index (χ3n) is 3.21. The SMILES string of the molecule is C[C@@H]1CNCCN1C1CCOCC1. The zero-order valence-corrected chi connectivity index (χ0v) is 8.46. The van der Waals surface area contributed by atoms with E-state index in [-0.39, 0.29) is 0 Å². The number of hydrogen-bond acceptors (Lipinski definition) is 3. The van der Waals surface area contributed by atoms with Crippen LogP contribution in [0.3, 0.4) is 0 Å². The second-order valence-corrected chi connectivity index (χ2v) is 4.13. The van der Waals surface area contributed by atoms with Crippen LogP contribution in [0.5, 0.6) is 0 Å². The van der Waals surface area contributed by atoms with Gasteiger partial charge in [-0.25, -0.2) is 0 Å². The Labute approximate surface area is 80.4 Å². The minimum atomic E-state index is 0.705. The van der Waals surface area contributed by atoms with Crippen LogP contribution in [0.15, 0.2) is 0 Å². The maximum atomic E-state index is 5.38. The fourth-order valence-electron chi connectivity index (χ4n) is 2.42. The average Bonchev–Trinajstić information content (AvgIpc) is 2.20. The van der Waals surface area contributed by atoms with E-state index < -0.39 is 0 Å². The molecular formula is C10H20N2O. The van der Waals surface area contributed by atoms with Crippen molar-refractivity contribution in [3.05, 3.63) is 0 Å². The summed E-state index contributed by atoms with van der Waals surface area (Å²) < 4.78 is 5.38. The second kappa shape index (κ2) is 4.40. The van der Waals surface area contributed by atoms with Crippen molar-refractivity contribution in [1.82, 2.24) is 10.2 Å². The first-order valence-corrected chi connectivity index (χ1v) is 5.42. The first kappa shape index (κ1) is 9.44. The topological polar surface area (TPSA) is 24.5 Å². The van der Waals surface area contributed by atoms with Crippen LogP contribution in [-0.4, -0.2) is 49.8 Å². The lowest BCUT2D eigenvalue weighted by molar-refractivity contribution is 0.0128. The molecular weight excluding hydrogens is 164 g/mol. The molecule has 0 radical (unpaired) electrons. The van der Waals surface area contributed by atoms with Crippen LogP contribution in [0.4, 0.5) is 0 Å². The van der Waals surface area contributed by atoms with Gasteiger partial charge >= 0.3 is 0 Å². The van der Waals surface area contributed by atoms with Gasteiger partial charge in [0.25, 0.3) is 0 Å². The highest BCUT2D eigenvalue weighted by atomic mass is 16.5. The zero-order chi connectivity index (χ0) is 9.10. The normalized spacial score (nSPS) is 33.5. The maximum absolute atomic E-state index is 5.38. The van der Waals surface area contributed by atoms with Crippen LogP contribution in [0.1, 0.15) is 19.8 Å². The molecule has 2 saturated heterocycles. The van der Waals surface area contributed by atoms with Gasteiger partial charge in [0.05, 0.1) is 0 Å². The number of nitrogens with one attached hydrogen (secondary N) is 1. The molecule has 0 aromatic heterocycles. The maximum Gasteiger partial charge on any atom is 0.0480 e. The van der Waals surface area contributed by atoms with Crippen molar-refractivity contribution in [2.45, 2.75) is 31.8 Å². The quantitative estimate of drug-likeness (QED) is 0.641. The largest absolute Gasteiger partial charge is 0.381 e. The van der Waals surface area contributed by atoms with Gasteiger partial charge in [-0.05, 0) is 19.8 Å². The predicted molar refractivity (Wildman–Crippen MR) is 52.9 cm³/mol. The molecule has 2 aliphatic rings. The summed E-state index contributed by atoms with van der Waals surface area (Å²) in [5, 5.41) is 3.43. The Morgan fingerprint density at radius 2 is 2.08 bits per heavy atom. The molecule has 3 heteroatoms. The summed E-state index contributed by atoms with van der Waals surface area (Å²) in [5.74, 6) is 0. The van der Waals surface area contributed by atoms with E-state index in [1.54, 1.807) is 0 Å². The molecule has 0 saturated carbocycles. The molecule has 0 aromatic carbocycles. The Hall–Kier alpha value is -0.120. The highest BCUT2D eigenvalue weighted by Crippen LogP contribution is 2.17. The van der Waals surface area contributed by atoms with Gasteiger partial charge in [-0.15, -0.1) is 0 Å². The lowest BCUT2D eigenvalue weighted by Gasteiger charge is -2.41. The van der Waals surface area contributed by atoms with Crippen LogP contribution in [0.2, 0.25) is 0 Å². The van der Waals surface area contributed by atoms with Gasteiger partial charge in [0, 0.05) is 44.9 Å². The molecule has 2 heterocycles. The summed E-state index contributed by atoms with van der Waals surface area (Å²) in [6.07, 6.45) is 2.45. The van der Waals surface area contributed by atoms with E-state index in [4.69, 9.17) is 4.74 Å². The monoisotopic (exact) mass is 184 g/mol. The third-order valence-corrected chi connectivity index (χ3v) is 3.21. The zero-order valence-electron chi connectivity index (χ0n) is 8.46. The van der Waals surface area contributed by atoms with Gasteiger partial charge < -0.3 is 10.1 Å². The Balaban J connectivity index is 1.88. The molecule has 2 fully saturated rings. The summed E-state index contributed by atoms with van der Waals surface area (Å²) in [6.45, 7) is 7.76. The Kier molecular flexibility index (Phi) is 3.19. The van der Waals surface area contributed by atoms with Crippen molar-refractivity contribution < 1.29 is 4.74 Å². The predicted octanol–water partition coefficient (Wildman–Crippen LogP) is 0.459. The molecule has 2 rings (SSSR count). The fraction of sp³-hybridized carbons (Fsp3) is 1.00. The first-order valence-electron chi connectivity index (χ1n) is 5.42. The molecule has 76 valence electrons. The van der Waals surface area contributed by atoms with E-state index in [1.165, 1.54) is 19.4 Å². The summed E-state index contributed by atoms with van der Waals surface area (Å²) in [7, 11) is 0. The van der Waals surface area contributed by atoms with E-state index in [1.807, 2.05) is 0 Å². The summed E-state index contributed by atoms with van der Waals surface area (Å²) >= 11 is 0. The lowest BCUT2D eigenvalue weighted by Crippen LogP contribution is -2.55. The number of rotatable bonds is 1. The van der Waals surface area contributed by atoms with Crippen LogP contribution in [0, 0.1) is 0 Å². The fourth-order valence-corrected chi connectivity index (χ4v) is 2.42. The first-order chi connectivity index (χ1) is 6.38. The van der Waals surface area contributed by atoms with Crippen molar-refractivity contribution in [1.29, 1.82) is 0 Å². The molecule has 3 nitrogen and oxygen atoms in total. The molecule has 0 spiro atoms. The van der Waals surface area contributed by atoms with E-state index in [0.717, 1.165) is 32.3 Å². The molecule has 1 N–H and O–H groups in total. The number of piperazine rings is 1. The molecule has 2 aliphatic heterocycles. The van der Waals surface area contributed by atoms with Crippen LogP contribution < -0.4 is 5.32 Å². The van der Waals surface area contributed by atoms with Gasteiger partial charge in [-0.1, -0.05) is 0 Å². The molecule has 13 heavy (non-hydrogen) atoms. The van der Waals surface area contributed by atoms with E-state index in [9.17, 15) is 0 Å². The molecule has 0 unspecified atom stereocenters. The molecule has 0 aliphatic carbocycles. The standard InChI is InChI=1S/C10H20N2O/c1-9-8-11-4-5-12(9)10-2-6-13-7-3-10/h9-11H,2-8H2,1H3/t9-/m1/s1. The second-order valence-electron chi connectivity index (χ2n) is 4.13. The van der Waals surface area contributed by atoms with Gasteiger partial charge in [-0.3, -0.25) is 4.90 Å². The average molecular weight is 184 g/mol. The Bertz CT molecular complexity index is 157. The van der Waals surface area contributed by atoms with Crippen molar-refractivity contribution >= 4 is 0 Å². The number of nitrogens with zero attached hydrogens (tertiary/aromatic N) is 1. The highest BCUT2D eigenvalue weighted by molar-refractivity contribution is 4.83. The summed E-state index contributed by atoms with van der Waals surface area (Å²) in [5.41, 5.74) is 0. The Morgan fingerprint density at radius 3 is 2.77 bits per heavy atom. The van der Waals surface area contributed by atoms with Crippen molar-refractivity contribution in [2.24, 2.45) is 0 Å². The molecule has 1 atom stereocenters. The van der Waals surface area contributed by atoms with Crippen LogP contribution in [0.25, 0.3) is 0 Å². The Morgan fingerprint density at radius 1 is 1.31 bits per heavy atom. The minimum absolute atomic E-state index is 0.705. The molecule has 0 aromatic rings. The summed E-state index contributed by atoms with van der Waals surface area (Å²) in [6, 6.07) is 1.49. The van der Waals surface area contributed by atoms with E-state index in [2.05, 4.69) is 17.1 Å². The van der Waals surface area contributed by atoms with Gasteiger partial charge in [-0.2, -0.15) is 0 Å². The minimum Gasteiger partial charge on any atom is -0.381 e. The van der Waals surface area contributed by atoms with E-state index in [0.29, 0.717) is 6.04 Å². The lowest BCUT2D eigenvalue weighted by atomic mass is 10.0. The van der Waals surface area contributed by atoms with E-state index >= 15 is 0 Å². The van der Waals surface area contributed by atoms with Crippen LogP contribution >= 0.6 is 0 Å². The van der Waals surface area contributed by atoms with Crippen molar-refractivity contribution in [3.63, 3.8) is 0 Å². The highest BCUT2D eigenvalue weighted by Gasteiger charge is 2.26. The van der Waals surface area contributed by atoms with Crippen molar-refractivity contribution in [3.8, 4) is 0 Å². The number of ether oxygens (including phenoxy) is 1. The molecule has 0 amide bonds.